The van der Waals surface area contributed by atoms with E-state index in [4.69, 9.17) is 9.47 Å². The molecule has 0 aliphatic rings. The van der Waals surface area contributed by atoms with Crippen LogP contribution in [-0.4, -0.2) is 63.3 Å². The van der Waals surface area contributed by atoms with E-state index in [1.54, 1.807) is 13.8 Å². The molecule has 3 heterocycles. The van der Waals surface area contributed by atoms with Gasteiger partial charge in [0.25, 0.3) is 0 Å². The standard InChI is InChI=1S/C30H39N3O8/c1-7-17-18(8-2)22(14-24-20(10-12-26(35)41-6)16(4)28(33-24)30(38)39)31-21(17)13-23-19(9-11-25(34)40-5)15(3)27(32-23)29(36)37/h31-33H,7-14H2,1-6H3,(H,36,37)(H,38,39). The number of hydrogen-bond donors (Lipinski definition) is 5. The van der Waals surface area contributed by atoms with Crippen LogP contribution in [0.5, 0.6) is 0 Å². The Hall–Kier alpha value is -4.28. The van der Waals surface area contributed by atoms with E-state index in [0.29, 0.717) is 36.8 Å². The summed E-state index contributed by atoms with van der Waals surface area (Å²) in [5, 5.41) is 19.4. The molecule has 0 bridgehead atoms. The molecule has 0 spiro atoms. The van der Waals surface area contributed by atoms with Gasteiger partial charge in [-0.2, -0.15) is 0 Å². The van der Waals surface area contributed by atoms with E-state index in [1.807, 2.05) is 0 Å². The third-order valence-corrected chi connectivity index (χ3v) is 7.79. The molecule has 0 radical (unpaired) electrons. The first kappa shape index (κ1) is 31.3. The van der Waals surface area contributed by atoms with Crippen molar-refractivity contribution in [1.29, 1.82) is 0 Å². The number of esters is 2. The van der Waals surface area contributed by atoms with Gasteiger partial charge >= 0.3 is 23.9 Å². The van der Waals surface area contributed by atoms with E-state index in [1.165, 1.54) is 14.2 Å². The van der Waals surface area contributed by atoms with Crippen LogP contribution < -0.4 is 0 Å². The number of H-pyrrole nitrogens is 3. The summed E-state index contributed by atoms with van der Waals surface area (Å²) >= 11 is 0. The molecule has 0 aliphatic heterocycles. The Kier molecular flexibility index (Phi) is 10.2. The lowest BCUT2D eigenvalue weighted by molar-refractivity contribution is -0.141. The van der Waals surface area contributed by atoms with Gasteiger partial charge in [0.05, 0.1) is 14.2 Å². The summed E-state index contributed by atoms with van der Waals surface area (Å²) in [7, 11) is 2.64. The zero-order chi connectivity index (χ0) is 30.4. The third kappa shape index (κ3) is 6.72. The van der Waals surface area contributed by atoms with Crippen molar-refractivity contribution in [2.75, 3.05) is 14.2 Å². The van der Waals surface area contributed by atoms with Crippen LogP contribution in [0.15, 0.2) is 0 Å². The van der Waals surface area contributed by atoms with Gasteiger partial charge in [-0.15, -0.1) is 0 Å². The number of aromatic nitrogens is 3. The summed E-state index contributed by atoms with van der Waals surface area (Å²) in [6, 6.07) is 0. The molecular formula is C30H39N3O8. The normalized spacial score (nSPS) is 11.1. The van der Waals surface area contributed by atoms with Crippen molar-refractivity contribution in [2.24, 2.45) is 0 Å². The number of carboxylic acids is 2. The maximum atomic E-state index is 11.9. The molecule has 0 amide bonds. The zero-order valence-corrected chi connectivity index (χ0v) is 24.5. The van der Waals surface area contributed by atoms with Gasteiger partial charge in [0.15, 0.2) is 0 Å². The van der Waals surface area contributed by atoms with E-state index in [9.17, 15) is 29.4 Å². The van der Waals surface area contributed by atoms with E-state index in [0.717, 1.165) is 57.9 Å². The summed E-state index contributed by atoms with van der Waals surface area (Å²) in [6.07, 6.45) is 3.22. The van der Waals surface area contributed by atoms with Gasteiger partial charge < -0.3 is 34.6 Å². The predicted octanol–water partition coefficient (Wildman–Crippen LogP) is 4.20. The monoisotopic (exact) mass is 569 g/mol. The molecule has 3 rings (SSSR count). The highest BCUT2D eigenvalue weighted by molar-refractivity contribution is 5.88. The summed E-state index contributed by atoms with van der Waals surface area (Å²) in [5.74, 6) is -2.88. The molecule has 0 saturated heterocycles. The van der Waals surface area contributed by atoms with Crippen molar-refractivity contribution < 1.29 is 38.9 Å². The van der Waals surface area contributed by atoms with Crippen molar-refractivity contribution in [1.82, 2.24) is 15.0 Å². The Balaban J connectivity index is 2.05. The number of carbonyl (C=O) groups excluding carboxylic acids is 2. The smallest absolute Gasteiger partial charge is 0.352 e. The molecular weight excluding hydrogens is 530 g/mol. The maximum Gasteiger partial charge on any atom is 0.352 e. The first-order valence-electron chi connectivity index (χ1n) is 13.7. The Morgan fingerprint density at radius 1 is 0.610 bits per heavy atom. The molecule has 41 heavy (non-hydrogen) atoms. The number of nitrogens with one attached hydrogen (secondary N) is 3. The van der Waals surface area contributed by atoms with Crippen LogP contribution in [0.1, 0.15) is 104 Å². The summed E-state index contributed by atoms with van der Waals surface area (Å²) in [6.45, 7) is 7.58. The fraction of sp³-hybridized carbons (Fsp3) is 0.467. The van der Waals surface area contributed by atoms with Gasteiger partial charge in [-0.05, 0) is 72.9 Å². The van der Waals surface area contributed by atoms with E-state index in [2.05, 4.69) is 28.8 Å². The number of carbonyl (C=O) groups is 4. The van der Waals surface area contributed by atoms with Gasteiger partial charge in [-0.1, -0.05) is 13.8 Å². The molecule has 3 aromatic rings. The minimum Gasteiger partial charge on any atom is -0.477 e. The van der Waals surface area contributed by atoms with Gasteiger partial charge in [0.2, 0.25) is 0 Å². The lowest BCUT2D eigenvalue weighted by Crippen LogP contribution is -2.05. The highest BCUT2D eigenvalue weighted by atomic mass is 16.5. The fourth-order valence-corrected chi connectivity index (χ4v) is 5.67. The second-order valence-electron chi connectivity index (χ2n) is 10.0. The molecule has 222 valence electrons. The molecule has 5 N–H and O–H groups in total. The topological polar surface area (TPSA) is 175 Å². The number of hydrogen-bond acceptors (Lipinski definition) is 6. The lowest BCUT2D eigenvalue weighted by Gasteiger charge is -2.07. The minimum absolute atomic E-state index is 0.0960. The molecule has 3 aromatic heterocycles. The van der Waals surface area contributed by atoms with Gasteiger partial charge in [-0.25, -0.2) is 9.59 Å². The average Bonchev–Trinajstić information content (AvgIpc) is 3.55. The van der Waals surface area contributed by atoms with Gasteiger partial charge in [0.1, 0.15) is 11.4 Å². The summed E-state index contributed by atoms with van der Waals surface area (Å²) in [5.41, 5.74) is 8.45. The Morgan fingerprint density at radius 3 is 1.24 bits per heavy atom. The molecule has 0 saturated carbocycles. The van der Waals surface area contributed by atoms with Crippen molar-refractivity contribution in [3.8, 4) is 0 Å². The van der Waals surface area contributed by atoms with Crippen molar-refractivity contribution in [2.45, 2.75) is 79.1 Å². The lowest BCUT2D eigenvalue weighted by atomic mass is 9.97. The van der Waals surface area contributed by atoms with Crippen molar-refractivity contribution in [3.63, 3.8) is 0 Å². The van der Waals surface area contributed by atoms with E-state index < -0.39 is 11.9 Å². The van der Waals surface area contributed by atoms with E-state index >= 15 is 0 Å². The first-order chi connectivity index (χ1) is 19.5. The Labute approximate surface area is 238 Å². The molecule has 0 aromatic carbocycles. The molecule has 0 atom stereocenters. The number of aromatic carboxylic acids is 2. The van der Waals surface area contributed by atoms with Crippen LogP contribution in [-0.2, 0) is 57.6 Å². The van der Waals surface area contributed by atoms with Gasteiger partial charge in [0, 0.05) is 48.5 Å². The van der Waals surface area contributed by atoms with Crippen LogP contribution in [0, 0.1) is 13.8 Å². The highest BCUT2D eigenvalue weighted by Crippen LogP contribution is 2.30. The van der Waals surface area contributed by atoms with Crippen LogP contribution in [0.2, 0.25) is 0 Å². The van der Waals surface area contributed by atoms with Crippen LogP contribution in [0.3, 0.4) is 0 Å². The van der Waals surface area contributed by atoms with Crippen molar-refractivity contribution in [3.05, 3.63) is 67.5 Å². The largest absolute Gasteiger partial charge is 0.477 e. The van der Waals surface area contributed by atoms with Crippen LogP contribution in [0.4, 0.5) is 0 Å². The quantitative estimate of drug-likeness (QED) is 0.180. The Morgan fingerprint density at radius 2 is 0.951 bits per heavy atom. The second-order valence-corrected chi connectivity index (χ2v) is 10.0. The molecule has 0 fully saturated rings. The molecule has 11 heteroatoms. The van der Waals surface area contributed by atoms with Crippen molar-refractivity contribution >= 4 is 23.9 Å². The zero-order valence-electron chi connectivity index (χ0n) is 24.5. The number of aromatic amines is 3. The maximum absolute atomic E-state index is 11.9. The molecule has 0 aliphatic carbocycles. The SMILES string of the molecule is CCc1c(Cc2[nH]c(C(=O)O)c(C)c2CCC(=O)OC)[nH]c(Cc2[nH]c(C(=O)O)c(C)c2CCC(=O)OC)c1CC. The minimum atomic E-state index is -1.07. The fourth-order valence-electron chi connectivity index (χ4n) is 5.67. The first-order valence-corrected chi connectivity index (χ1v) is 13.7. The number of rotatable bonds is 14. The van der Waals surface area contributed by atoms with Crippen LogP contribution >= 0.6 is 0 Å². The Bertz CT molecular complexity index is 1350. The summed E-state index contributed by atoms with van der Waals surface area (Å²) in [4.78, 5) is 57.1. The average molecular weight is 570 g/mol. The van der Waals surface area contributed by atoms with E-state index in [-0.39, 0.29) is 36.2 Å². The number of carboxylic acid groups (broad SMARTS) is 2. The number of methoxy groups -OCH3 is 2. The third-order valence-electron chi connectivity index (χ3n) is 7.79. The highest BCUT2D eigenvalue weighted by Gasteiger charge is 2.25. The predicted molar refractivity (Wildman–Crippen MR) is 151 cm³/mol. The molecule has 0 unspecified atom stereocenters. The van der Waals surface area contributed by atoms with Gasteiger partial charge in [-0.3, -0.25) is 9.59 Å². The molecule has 11 nitrogen and oxygen atoms in total. The summed E-state index contributed by atoms with van der Waals surface area (Å²) < 4.78 is 9.57. The second kappa shape index (κ2) is 13.4. The van der Waals surface area contributed by atoms with Crippen LogP contribution in [0.25, 0.3) is 0 Å². The number of ether oxygens (including phenoxy) is 2.